The number of carbonyl (C=O) groups is 3. The number of ether oxygens (including phenoxy) is 1. The van der Waals surface area contributed by atoms with Crippen LogP contribution in [0.25, 0.3) is 0 Å². The number of amides is 3. The Bertz CT molecular complexity index is 780. The summed E-state index contributed by atoms with van der Waals surface area (Å²) in [6.45, 7) is 8.47. The Morgan fingerprint density at radius 3 is 2.67 bits per heavy atom. The van der Waals surface area contributed by atoms with Crippen LogP contribution in [0.3, 0.4) is 0 Å². The van der Waals surface area contributed by atoms with E-state index in [0.29, 0.717) is 25.9 Å². The monoisotopic (exact) mass is 413 g/mol. The van der Waals surface area contributed by atoms with E-state index in [2.05, 4.69) is 17.2 Å². The lowest BCUT2D eigenvalue weighted by atomic mass is 10.0. The van der Waals surface area contributed by atoms with Crippen LogP contribution >= 0.6 is 0 Å². The van der Waals surface area contributed by atoms with Gasteiger partial charge in [-0.3, -0.25) is 14.4 Å². The van der Waals surface area contributed by atoms with Gasteiger partial charge in [0, 0.05) is 13.1 Å². The van der Waals surface area contributed by atoms with Gasteiger partial charge in [-0.05, 0) is 30.7 Å². The minimum absolute atomic E-state index is 0.155. The molecular formula is C23H31N3O4. The van der Waals surface area contributed by atoms with Crippen molar-refractivity contribution in [3.05, 3.63) is 48.6 Å². The van der Waals surface area contributed by atoms with Crippen molar-refractivity contribution in [3.63, 3.8) is 0 Å². The molecule has 162 valence electrons. The lowest BCUT2D eigenvalue weighted by Crippen LogP contribution is -2.54. The van der Waals surface area contributed by atoms with Gasteiger partial charge in [-0.15, -0.1) is 6.58 Å². The first-order chi connectivity index (χ1) is 14.4. The molecule has 0 aliphatic carbocycles. The molecule has 3 rings (SSSR count). The molecule has 0 unspecified atom stereocenters. The molecule has 2 saturated heterocycles. The third kappa shape index (κ3) is 5.27. The standard InChI is InChI=1S/C23H31N3O4/c1-4-12-24-21(27)17(14-15(2)3)25-22(28)18-11-8-13-26(18)23(29)20-19(30-20)16-9-6-5-7-10-16/h4-7,9-10,15,17-20H,1,8,11-14H2,2-3H3,(H,24,27)(H,25,28)/t17-,18-,19+,20+/m0/s1. The summed E-state index contributed by atoms with van der Waals surface area (Å²) in [5.74, 6) is -0.435. The van der Waals surface area contributed by atoms with Gasteiger partial charge in [0.15, 0.2) is 6.10 Å². The van der Waals surface area contributed by atoms with Crippen molar-refractivity contribution in [1.82, 2.24) is 15.5 Å². The number of epoxide rings is 1. The zero-order valence-electron chi connectivity index (χ0n) is 17.7. The van der Waals surface area contributed by atoms with Crippen molar-refractivity contribution in [2.24, 2.45) is 5.92 Å². The molecule has 7 heteroatoms. The van der Waals surface area contributed by atoms with Crippen LogP contribution < -0.4 is 10.6 Å². The van der Waals surface area contributed by atoms with Gasteiger partial charge in [-0.25, -0.2) is 0 Å². The van der Waals surface area contributed by atoms with Crippen LogP contribution in [-0.4, -0.2) is 53.9 Å². The molecule has 0 spiro atoms. The van der Waals surface area contributed by atoms with Gasteiger partial charge in [0.25, 0.3) is 5.91 Å². The second kappa shape index (κ2) is 9.89. The van der Waals surface area contributed by atoms with E-state index in [1.54, 1.807) is 11.0 Å². The van der Waals surface area contributed by atoms with Crippen LogP contribution in [0.4, 0.5) is 0 Å². The smallest absolute Gasteiger partial charge is 0.255 e. The molecule has 0 bridgehead atoms. The van der Waals surface area contributed by atoms with Crippen LogP contribution in [0.2, 0.25) is 0 Å². The van der Waals surface area contributed by atoms with E-state index in [0.717, 1.165) is 12.0 Å². The maximum absolute atomic E-state index is 13.0. The van der Waals surface area contributed by atoms with Crippen molar-refractivity contribution in [1.29, 1.82) is 0 Å². The van der Waals surface area contributed by atoms with Gasteiger partial charge in [0.2, 0.25) is 11.8 Å². The van der Waals surface area contributed by atoms with Crippen LogP contribution in [0.15, 0.2) is 43.0 Å². The summed E-state index contributed by atoms with van der Waals surface area (Å²) in [6, 6.07) is 8.41. The number of benzene rings is 1. The maximum Gasteiger partial charge on any atom is 0.255 e. The second-order valence-corrected chi connectivity index (χ2v) is 8.30. The van der Waals surface area contributed by atoms with Gasteiger partial charge in [-0.1, -0.05) is 50.3 Å². The average molecular weight is 414 g/mol. The fourth-order valence-corrected chi connectivity index (χ4v) is 3.93. The van der Waals surface area contributed by atoms with Crippen LogP contribution in [0.1, 0.15) is 44.8 Å². The zero-order chi connectivity index (χ0) is 21.7. The third-order valence-corrected chi connectivity index (χ3v) is 5.46. The quantitative estimate of drug-likeness (QED) is 0.478. The molecule has 2 aliphatic rings. The summed E-state index contributed by atoms with van der Waals surface area (Å²) in [6.07, 6.45) is 2.68. The molecule has 7 nitrogen and oxygen atoms in total. The lowest BCUT2D eigenvalue weighted by molar-refractivity contribution is -0.140. The van der Waals surface area contributed by atoms with Crippen molar-refractivity contribution in [2.45, 2.75) is 57.4 Å². The van der Waals surface area contributed by atoms with Crippen molar-refractivity contribution >= 4 is 17.7 Å². The van der Waals surface area contributed by atoms with Crippen LogP contribution in [0.5, 0.6) is 0 Å². The van der Waals surface area contributed by atoms with Gasteiger partial charge < -0.3 is 20.3 Å². The van der Waals surface area contributed by atoms with E-state index in [1.807, 2.05) is 44.2 Å². The van der Waals surface area contributed by atoms with E-state index in [9.17, 15) is 14.4 Å². The van der Waals surface area contributed by atoms with E-state index in [1.165, 1.54) is 0 Å². The molecule has 30 heavy (non-hydrogen) atoms. The number of carbonyl (C=O) groups excluding carboxylic acids is 3. The molecule has 2 fully saturated rings. The van der Waals surface area contributed by atoms with Crippen molar-refractivity contribution in [3.8, 4) is 0 Å². The summed E-state index contributed by atoms with van der Waals surface area (Å²) >= 11 is 0. The molecule has 0 radical (unpaired) electrons. The van der Waals surface area contributed by atoms with E-state index in [-0.39, 0.29) is 29.7 Å². The number of likely N-dealkylation sites (tertiary alicyclic amines) is 1. The summed E-state index contributed by atoms with van der Waals surface area (Å²) < 4.78 is 5.63. The van der Waals surface area contributed by atoms with E-state index >= 15 is 0 Å². The Labute approximate surface area is 177 Å². The molecule has 2 N–H and O–H groups in total. The minimum atomic E-state index is -0.635. The average Bonchev–Trinajstić information content (AvgIpc) is 3.38. The Hall–Kier alpha value is -2.67. The number of nitrogens with zero attached hydrogens (tertiary/aromatic N) is 1. The highest BCUT2D eigenvalue weighted by molar-refractivity contribution is 5.94. The zero-order valence-corrected chi connectivity index (χ0v) is 17.7. The van der Waals surface area contributed by atoms with E-state index in [4.69, 9.17) is 4.74 Å². The normalized spacial score (nSPS) is 23.7. The molecule has 0 aromatic heterocycles. The summed E-state index contributed by atoms with van der Waals surface area (Å²) in [5, 5.41) is 5.61. The summed E-state index contributed by atoms with van der Waals surface area (Å²) in [7, 11) is 0. The number of hydrogen-bond donors (Lipinski definition) is 2. The number of rotatable bonds is 9. The SMILES string of the molecule is C=CCNC(=O)[C@H](CC(C)C)NC(=O)[C@@H]1CCCN1C(=O)[C@@H]1O[C@@H]1c1ccccc1. The van der Waals surface area contributed by atoms with Gasteiger partial charge in [0.1, 0.15) is 18.2 Å². The highest BCUT2D eigenvalue weighted by atomic mass is 16.6. The molecule has 3 amide bonds. The Balaban J connectivity index is 1.62. The highest BCUT2D eigenvalue weighted by Crippen LogP contribution is 2.40. The van der Waals surface area contributed by atoms with Gasteiger partial charge >= 0.3 is 0 Å². The molecular weight excluding hydrogens is 382 g/mol. The van der Waals surface area contributed by atoms with Crippen molar-refractivity contribution < 1.29 is 19.1 Å². The number of nitrogens with one attached hydrogen (secondary N) is 2. The maximum atomic E-state index is 13.0. The molecule has 4 atom stereocenters. The summed E-state index contributed by atoms with van der Waals surface area (Å²) in [4.78, 5) is 40.0. The fraction of sp³-hybridized carbons (Fsp3) is 0.522. The highest BCUT2D eigenvalue weighted by Gasteiger charge is 2.50. The van der Waals surface area contributed by atoms with Crippen LogP contribution in [-0.2, 0) is 19.1 Å². The van der Waals surface area contributed by atoms with Gasteiger partial charge in [0.05, 0.1) is 0 Å². The molecule has 0 saturated carbocycles. The predicted octanol–water partition coefficient (Wildman–Crippen LogP) is 1.95. The number of hydrogen-bond acceptors (Lipinski definition) is 4. The minimum Gasteiger partial charge on any atom is -0.354 e. The third-order valence-electron chi connectivity index (χ3n) is 5.46. The van der Waals surface area contributed by atoms with Crippen LogP contribution in [0, 0.1) is 5.92 Å². The van der Waals surface area contributed by atoms with E-state index < -0.39 is 18.2 Å². The molecule has 2 heterocycles. The molecule has 1 aromatic rings. The predicted molar refractivity (Wildman–Crippen MR) is 113 cm³/mol. The first-order valence-electron chi connectivity index (χ1n) is 10.6. The Morgan fingerprint density at radius 2 is 2.00 bits per heavy atom. The molecule has 1 aromatic carbocycles. The Kier molecular flexibility index (Phi) is 7.26. The largest absolute Gasteiger partial charge is 0.354 e. The van der Waals surface area contributed by atoms with Crippen molar-refractivity contribution in [2.75, 3.05) is 13.1 Å². The fourth-order valence-electron chi connectivity index (χ4n) is 3.93. The first kappa shape index (κ1) is 22.0. The topological polar surface area (TPSA) is 91.0 Å². The first-order valence-corrected chi connectivity index (χ1v) is 10.6. The molecule has 2 aliphatic heterocycles. The summed E-state index contributed by atoms with van der Waals surface area (Å²) in [5.41, 5.74) is 0.965. The second-order valence-electron chi connectivity index (χ2n) is 8.30. The lowest BCUT2D eigenvalue weighted by Gasteiger charge is -2.26. The van der Waals surface area contributed by atoms with Gasteiger partial charge in [-0.2, -0.15) is 0 Å². The Morgan fingerprint density at radius 1 is 1.27 bits per heavy atom.